The average molecular weight is 533 g/mol. The van der Waals surface area contributed by atoms with Gasteiger partial charge < -0.3 is 10.1 Å². The highest BCUT2D eigenvalue weighted by atomic mass is 35.5. The highest BCUT2D eigenvalue weighted by molar-refractivity contribution is 8.15. The van der Waals surface area contributed by atoms with Crippen LogP contribution in [0.25, 0.3) is 0 Å². The number of hydrogen-bond acceptors (Lipinski definition) is 6. The first-order valence-electron chi connectivity index (χ1n) is 11.8. The zero-order valence-electron chi connectivity index (χ0n) is 20.3. The number of thioether (sulfide) groups is 1. The fraction of sp³-hybridized carbons (Fsp3) is 0.214. The molecule has 0 spiro atoms. The Morgan fingerprint density at radius 1 is 1.14 bits per heavy atom. The molecule has 3 aromatic rings. The van der Waals surface area contributed by atoms with Crippen molar-refractivity contribution in [3.8, 4) is 5.75 Å². The van der Waals surface area contributed by atoms with Gasteiger partial charge in [-0.3, -0.25) is 9.59 Å². The van der Waals surface area contributed by atoms with E-state index in [1.165, 1.54) is 17.3 Å². The number of nitrogens with one attached hydrogen (secondary N) is 1. The van der Waals surface area contributed by atoms with Crippen molar-refractivity contribution in [1.82, 2.24) is 5.01 Å². The summed E-state index contributed by atoms with van der Waals surface area (Å²) in [7, 11) is 1.56. The van der Waals surface area contributed by atoms with Crippen LogP contribution in [0.15, 0.2) is 82.9 Å². The second-order valence-corrected chi connectivity index (χ2v) is 10.5. The number of hydrogen-bond donors (Lipinski definition) is 1. The summed E-state index contributed by atoms with van der Waals surface area (Å²) in [5.41, 5.74) is 4.67. The first-order valence-corrected chi connectivity index (χ1v) is 13.1. The largest absolute Gasteiger partial charge is 0.497 e. The number of rotatable bonds is 6. The Kier molecular flexibility index (Phi) is 7.30. The third-order valence-corrected chi connectivity index (χ3v) is 7.55. The van der Waals surface area contributed by atoms with Gasteiger partial charge in [0.05, 0.1) is 18.9 Å². The van der Waals surface area contributed by atoms with Crippen molar-refractivity contribution in [3.63, 3.8) is 0 Å². The number of nitrogens with zero attached hydrogens (tertiary/aromatic N) is 3. The normalized spacial score (nSPS) is 19.0. The zero-order chi connectivity index (χ0) is 25.9. The predicted octanol–water partition coefficient (Wildman–Crippen LogP) is 5.83. The van der Waals surface area contributed by atoms with E-state index < -0.39 is 5.25 Å². The third-order valence-electron chi connectivity index (χ3n) is 6.18. The van der Waals surface area contributed by atoms with Gasteiger partial charge in [-0.25, -0.2) is 5.01 Å². The molecule has 2 aliphatic rings. The van der Waals surface area contributed by atoms with Gasteiger partial charge in [0.1, 0.15) is 11.0 Å². The summed E-state index contributed by atoms with van der Waals surface area (Å²) in [6, 6.07) is 22.8. The number of hydrazone groups is 1. The zero-order valence-corrected chi connectivity index (χ0v) is 21.9. The molecule has 0 radical (unpaired) electrons. The van der Waals surface area contributed by atoms with Crippen LogP contribution in [0.3, 0.4) is 0 Å². The van der Waals surface area contributed by atoms with Crippen molar-refractivity contribution in [2.45, 2.75) is 31.1 Å². The molecule has 0 aliphatic carbocycles. The molecule has 2 unspecified atom stereocenters. The minimum Gasteiger partial charge on any atom is -0.497 e. The number of ether oxygens (including phenoxy) is 1. The predicted molar refractivity (Wildman–Crippen MR) is 148 cm³/mol. The molecule has 1 N–H and O–H groups in total. The molecule has 37 heavy (non-hydrogen) atoms. The van der Waals surface area contributed by atoms with Gasteiger partial charge in [0.2, 0.25) is 5.91 Å². The summed E-state index contributed by atoms with van der Waals surface area (Å²) < 4.78 is 5.20. The molecule has 0 saturated heterocycles. The minimum absolute atomic E-state index is 0.00207. The molecule has 0 saturated carbocycles. The first kappa shape index (κ1) is 25.0. The second-order valence-electron chi connectivity index (χ2n) is 8.86. The molecule has 2 aliphatic heterocycles. The van der Waals surface area contributed by atoms with Crippen molar-refractivity contribution < 1.29 is 14.3 Å². The number of amides is 2. The minimum atomic E-state index is -0.626. The summed E-state index contributed by atoms with van der Waals surface area (Å²) in [5.74, 6) is 0.0231. The smallest absolute Gasteiger partial charge is 0.262 e. The van der Waals surface area contributed by atoms with E-state index >= 15 is 0 Å². The molecular weight excluding hydrogens is 508 g/mol. The van der Waals surface area contributed by atoms with Gasteiger partial charge in [0.25, 0.3) is 5.91 Å². The summed E-state index contributed by atoms with van der Waals surface area (Å²) in [6.07, 6.45) is 0.635. The van der Waals surface area contributed by atoms with Crippen LogP contribution in [0.5, 0.6) is 5.75 Å². The van der Waals surface area contributed by atoms with E-state index in [0.29, 0.717) is 28.0 Å². The summed E-state index contributed by atoms with van der Waals surface area (Å²) in [6.45, 7) is 2.04. The van der Waals surface area contributed by atoms with Crippen molar-refractivity contribution >= 4 is 51.7 Å². The lowest BCUT2D eigenvalue weighted by molar-refractivity contribution is -0.121. The first-order chi connectivity index (χ1) is 17.9. The molecule has 5 rings (SSSR count). The van der Waals surface area contributed by atoms with Crippen molar-refractivity contribution in [3.05, 3.63) is 94.5 Å². The molecule has 9 heteroatoms. The van der Waals surface area contributed by atoms with Gasteiger partial charge in [0, 0.05) is 29.6 Å². The summed E-state index contributed by atoms with van der Waals surface area (Å²) in [5, 5.41) is 9.99. The molecule has 3 aromatic carbocycles. The second kappa shape index (κ2) is 10.8. The van der Waals surface area contributed by atoms with Crippen LogP contribution in [-0.4, -0.2) is 40.1 Å². The number of benzene rings is 3. The third kappa shape index (κ3) is 5.70. The Bertz CT molecular complexity index is 1410. The van der Waals surface area contributed by atoms with Crippen LogP contribution >= 0.6 is 23.4 Å². The monoisotopic (exact) mass is 532 g/mol. The van der Waals surface area contributed by atoms with E-state index in [1.807, 2.05) is 43.3 Å². The molecule has 188 valence electrons. The quantitative estimate of drug-likeness (QED) is 0.431. The Morgan fingerprint density at radius 3 is 2.68 bits per heavy atom. The summed E-state index contributed by atoms with van der Waals surface area (Å²) >= 11 is 7.56. The van der Waals surface area contributed by atoms with E-state index in [0.717, 1.165) is 16.8 Å². The number of anilines is 1. The lowest BCUT2D eigenvalue weighted by Crippen LogP contribution is -2.25. The maximum absolute atomic E-state index is 12.8. The van der Waals surface area contributed by atoms with Gasteiger partial charge in [-0.05, 0) is 42.3 Å². The van der Waals surface area contributed by atoms with Gasteiger partial charge in [-0.1, -0.05) is 71.4 Å². The SMILES string of the molecule is COc1cccc(NC(=O)CC2SC(N3N=C(c4ccc(C)cc4)CC3c3cccc(Cl)c3)=NC2=O)c1. The van der Waals surface area contributed by atoms with Crippen molar-refractivity contribution in [2.24, 2.45) is 10.1 Å². The molecular formula is C28H25ClN4O3S. The van der Waals surface area contributed by atoms with E-state index in [1.54, 1.807) is 36.4 Å². The maximum atomic E-state index is 12.8. The number of aryl methyl sites for hydroxylation is 1. The number of halogens is 1. The Labute approximate surface area is 224 Å². The molecule has 2 amide bonds. The summed E-state index contributed by atoms with van der Waals surface area (Å²) in [4.78, 5) is 29.8. The number of methoxy groups -OCH3 is 1. The van der Waals surface area contributed by atoms with E-state index in [2.05, 4.69) is 22.4 Å². The number of carbonyl (C=O) groups excluding carboxylic acids is 2. The number of carbonyl (C=O) groups is 2. The molecule has 0 bridgehead atoms. The maximum Gasteiger partial charge on any atom is 0.262 e. The molecule has 2 atom stereocenters. The van der Waals surface area contributed by atoms with Crippen LogP contribution < -0.4 is 10.1 Å². The average Bonchev–Trinajstić information content (AvgIpc) is 3.48. The standard InChI is InChI=1S/C28H25ClN4O3S/c1-17-9-11-18(12-10-17)23-15-24(19-5-3-6-20(29)13-19)33(32-23)28-31-27(35)25(37-28)16-26(34)30-21-7-4-8-22(14-21)36-2/h3-14,24-25H,15-16H2,1-2H3,(H,30,34). The molecule has 0 fully saturated rings. The molecule has 7 nitrogen and oxygen atoms in total. The van der Waals surface area contributed by atoms with E-state index in [9.17, 15) is 9.59 Å². The number of aliphatic imine (C=N–C) groups is 1. The number of amidine groups is 1. The molecule has 2 heterocycles. The lowest BCUT2D eigenvalue weighted by Gasteiger charge is -2.23. The van der Waals surface area contributed by atoms with Gasteiger partial charge in [-0.15, -0.1) is 0 Å². The fourth-order valence-corrected chi connectivity index (χ4v) is 5.53. The lowest BCUT2D eigenvalue weighted by atomic mass is 9.98. The van der Waals surface area contributed by atoms with Crippen LogP contribution in [-0.2, 0) is 9.59 Å². The van der Waals surface area contributed by atoms with Crippen LogP contribution in [0.2, 0.25) is 5.02 Å². The highest BCUT2D eigenvalue weighted by Gasteiger charge is 2.39. The van der Waals surface area contributed by atoms with Crippen molar-refractivity contribution in [2.75, 3.05) is 12.4 Å². The Morgan fingerprint density at radius 2 is 1.92 bits per heavy atom. The van der Waals surface area contributed by atoms with E-state index in [4.69, 9.17) is 21.4 Å². The fourth-order valence-electron chi connectivity index (χ4n) is 4.27. The van der Waals surface area contributed by atoms with Crippen LogP contribution in [0.1, 0.15) is 35.6 Å². The van der Waals surface area contributed by atoms with Gasteiger partial charge in [0.15, 0.2) is 5.17 Å². The van der Waals surface area contributed by atoms with Crippen LogP contribution in [0, 0.1) is 6.92 Å². The highest BCUT2D eigenvalue weighted by Crippen LogP contribution is 2.39. The van der Waals surface area contributed by atoms with Crippen LogP contribution in [0.4, 0.5) is 5.69 Å². The Balaban J connectivity index is 1.34. The van der Waals surface area contributed by atoms with Crippen molar-refractivity contribution in [1.29, 1.82) is 0 Å². The van der Waals surface area contributed by atoms with Gasteiger partial charge >= 0.3 is 0 Å². The van der Waals surface area contributed by atoms with E-state index in [-0.39, 0.29) is 24.3 Å². The molecule has 0 aromatic heterocycles. The topological polar surface area (TPSA) is 83.4 Å². The Hall–Kier alpha value is -3.62. The van der Waals surface area contributed by atoms with Gasteiger partial charge in [-0.2, -0.15) is 10.1 Å².